The fourth-order valence-electron chi connectivity index (χ4n) is 3.06. The number of thiophene rings is 1. The highest BCUT2D eigenvalue weighted by Crippen LogP contribution is 2.28. The highest BCUT2D eigenvalue weighted by Gasteiger charge is 2.20. The van der Waals surface area contributed by atoms with Gasteiger partial charge in [0.1, 0.15) is 0 Å². The van der Waals surface area contributed by atoms with E-state index in [-0.39, 0.29) is 17.9 Å². The third kappa shape index (κ3) is 5.28. The van der Waals surface area contributed by atoms with Crippen molar-refractivity contribution in [3.05, 3.63) is 53.4 Å². The van der Waals surface area contributed by atoms with Gasteiger partial charge in [-0.2, -0.15) is 0 Å². The molecule has 0 aliphatic carbocycles. The molecule has 0 unspecified atom stereocenters. The van der Waals surface area contributed by atoms with E-state index >= 15 is 0 Å². The first-order valence-corrected chi connectivity index (χ1v) is 9.56. The van der Waals surface area contributed by atoms with Gasteiger partial charge in [0.2, 0.25) is 11.8 Å². The molecule has 1 aliphatic rings. The Labute approximate surface area is 157 Å². The quantitative estimate of drug-likeness (QED) is 0.768. The highest BCUT2D eigenvalue weighted by molar-refractivity contribution is 7.16. The molecular formula is C20H23N3O2S. The van der Waals surface area contributed by atoms with Crippen LogP contribution < -0.4 is 11.1 Å². The summed E-state index contributed by atoms with van der Waals surface area (Å²) in [5.41, 5.74) is 6.40. The molecule has 0 bridgehead atoms. The Morgan fingerprint density at radius 1 is 1.15 bits per heavy atom. The predicted octanol–water partition coefficient (Wildman–Crippen LogP) is 2.49. The van der Waals surface area contributed by atoms with Gasteiger partial charge in [0.25, 0.3) is 0 Å². The van der Waals surface area contributed by atoms with E-state index in [4.69, 9.17) is 5.73 Å². The van der Waals surface area contributed by atoms with Crippen molar-refractivity contribution in [3.63, 3.8) is 0 Å². The summed E-state index contributed by atoms with van der Waals surface area (Å²) in [6.45, 7) is 1.86. The number of hydrogen-bond donors (Lipinski definition) is 2. The SMILES string of the molecule is NC(=O)CN1CCC(NC(=O)C=Cc2ccc(-c3ccccc3)s2)CC1. The summed E-state index contributed by atoms with van der Waals surface area (Å²) >= 11 is 1.66. The van der Waals surface area contributed by atoms with Gasteiger partial charge in [-0.05, 0) is 36.6 Å². The molecule has 0 saturated carbocycles. The van der Waals surface area contributed by atoms with Gasteiger partial charge < -0.3 is 11.1 Å². The van der Waals surface area contributed by atoms with E-state index in [1.54, 1.807) is 17.4 Å². The lowest BCUT2D eigenvalue weighted by Crippen LogP contribution is -2.46. The van der Waals surface area contributed by atoms with Gasteiger partial charge in [-0.15, -0.1) is 11.3 Å². The number of primary amides is 1. The van der Waals surface area contributed by atoms with Crippen LogP contribution in [-0.4, -0.2) is 42.4 Å². The Hall–Kier alpha value is -2.44. The Kier molecular flexibility index (Phi) is 6.20. The van der Waals surface area contributed by atoms with E-state index in [1.165, 1.54) is 10.4 Å². The lowest BCUT2D eigenvalue weighted by Gasteiger charge is -2.31. The van der Waals surface area contributed by atoms with Gasteiger partial charge in [0.15, 0.2) is 0 Å². The van der Waals surface area contributed by atoms with Gasteiger partial charge in [-0.25, -0.2) is 0 Å². The number of piperidine rings is 1. The average Bonchev–Trinajstić information content (AvgIpc) is 3.11. The zero-order valence-corrected chi connectivity index (χ0v) is 15.4. The molecule has 136 valence electrons. The third-order valence-corrected chi connectivity index (χ3v) is 5.50. The van der Waals surface area contributed by atoms with Crippen LogP contribution in [0.15, 0.2) is 48.5 Å². The van der Waals surface area contributed by atoms with E-state index < -0.39 is 0 Å². The van der Waals surface area contributed by atoms with Crippen LogP contribution in [0.2, 0.25) is 0 Å². The van der Waals surface area contributed by atoms with Gasteiger partial charge in [-0.3, -0.25) is 14.5 Å². The molecule has 6 heteroatoms. The molecule has 3 N–H and O–H groups in total. The van der Waals surface area contributed by atoms with Crippen LogP contribution >= 0.6 is 11.3 Å². The Bertz CT molecular complexity index is 777. The fourth-order valence-corrected chi connectivity index (χ4v) is 3.98. The van der Waals surface area contributed by atoms with Crippen LogP contribution in [0, 0.1) is 0 Å². The highest BCUT2D eigenvalue weighted by atomic mass is 32.1. The number of nitrogens with one attached hydrogen (secondary N) is 1. The maximum Gasteiger partial charge on any atom is 0.244 e. The first-order valence-electron chi connectivity index (χ1n) is 8.74. The van der Waals surface area contributed by atoms with E-state index in [2.05, 4.69) is 23.5 Å². The zero-order chi connectivity index (χ0) is 18.4. The summed E-state index contributed by atoms with van der Waals surface area (Å²) in [4.78, 5) is 27.3. The maximum absolute atomic E-state index is 12.1. The lowest BCUT2D eigenvalue weighted by atomic mass is 10.1. The van der Waals surface area contributed by atoms with Crippen LogP contribution in [0.3, 0.4) is 0 Å². The summed E-state index contributed by atoms with van der Waals surface area (Å²) in [6, 6.07) is 14.5. The van der Waals surface area contributed by atoms with E-state index in [0.29, 0.717) is 6.54 Å². The van der Waals surface area contributed by atoms with Crippen LogP contribution in [0.25, 0.3) is 16.5 Å². The summed E-state index contributed by atoms with van der Waals surface area (Å²) in [5.74, 6) is -0.380. The number of nitrogens with two attached hydrogens (primary N) is 1. The minimum absolute atomic E-state index is 0.0759. The van der Waals surface area contributed by atoms with Crippen molar-refractivity contribution in [2.75, 3.05) is 19.6 Å². The second-order valence-corrected chi connectivity index (χ2v) is 7.54. The molecular weight excluding hydrogens is 346 g/mol. The molecule has 3 rings (SSSR count). The van der Waals surface area contributed by atoms with Crippen LogP contribution in [-0.2, 0) is 9.59 Å². The molecule has 2 amide bonds. The van der Waals surface area contributed by atoms with Crippen molar-refractivity contribution in [2.24, 2.45) is 5.73 Å². The largest absolute Gasteiger partial charge is 0.369 e. The molecule has 0 atom stereocenters. The van der Waals surface area contributed by atoms with Crippen LogP contribution in [0.4, 0.5) is 0 Å². The molecule has 2 aromatic rings. The van der Waals surface area contributed by atoms with E-state index in [9.17, 15) is 9.59 Å². The van der Waals surface area contributed by atoms with Crippen molar-refractivity contribution < 1.29 is 9.59 Å². The number of amides is 2. The summed E-state index contributed by atoms with van der Waals surface area (Å²) in [6.07, 6.45) is 5.12. The molecule has 26 heavy (non-hydrogen) atoms. The minimum Gasteiger partial charge on any atom is -0.369 e. The second kappa shape index (κ2) is 8.78. The predicted molar refractivity (Wildman–Crippen MR) is 106 cm³/mol. The standard InChI is InChI=1S/C20H23N3O2S/c21-19(24)14-23-12-10-16(11-13-23)22-20(25)9-7-17-6-8-18(26-17)15-4-2-1-3-5-15/h1-9,16H,10-14H2,(H2,21,24)(H,22,25). The second-order valence-electron chi connectivity index (χ2n) is 6.43. The van der Waals surface area contributed by atoms with Crippen LogP contribution in [0.5, 0.6) is 0 Å². The van der Waals surface area contributed by atoms with Crippen molar-refractivity contribution in [2.45, 2.75) is 18.9 Å². The number of rotatable bonds is 6. The van der Waals surface area contributed by atoms with Gasteiger partial charge in [0, 0.05) is 35.0 Å². The smallest absolute Gasteiger partial charge is 0.244 e. The minimum atomic E-state index is -0.304. The molecule has 0 spiro atoms. The molecule has 1 aliphatic heterocycles. The Morgan fingerprint density at radius 2 is 1.88 bits per heavy atom. The fraction of sp³-hybridized carbons (Fsp3) is 0.300. The molecule has 0 radical (unpaired) electrons. The van der Waals surface area contributed by atoms with Crippen molar-refractivity contribution >= 4 is 29.2 Å². The van der Waals surface area contributed by atoms with Gasteiger partial charge in [0.05, 0.1) is 6.54 Å². The summed E-state index contributed by atoms with van der Waals surface area (Å²) < 4.78 is 0. The summed E-state index contributed by atoms with van der Waals surface area (Å²) in [5, 5.41) is 3.04. The Morgan fingerprint density at radius 3 is 2.58 bits per heavy atom. The average molecular weight is 369 g/mol. The summed E-state index contributed by atoms with van der Waals surface area (Å²) in [7, 11) is 0. The number of benzene rings is 1. The van der Waals surface area contributed by atoms with Crippen molar-refractivity contribution in [1.82, 2.24) is 10.2 Å². The lowest BCUT2D eigenvalue weighted by molar-refractivity contribution is -0.120. The number of likely N-dealkylation sites (tertiary alicyclic amines) is 1. The van der Waals surface area contributed by atoms with Crippen molar-refractivity contribution in [3.8, 4) is 10.4 Å². The number of nitrogens with zero attached hydrogens (tertiary/aromatic N) is 1. The third-order valence-electron chi connectivity index (χ3n) is 4.40. The van der Waals surface area contributed by atoms with E-state index in [0.717, 1.165) is 30.8 Å². The van der Waals surface area contributed by atoms with E-state index in [1.807, 2.05) is 35.2 Å². The number of carbonyl (C=O) groups is 2. The maximum atomic E-state index is 12.1. The normalized spacial score (nSPS) is 16.0. The number of hydrogen-bond acceptors (Lipinski definition) is 4. The topological polar surface area (TPSA) is 75.4 Å². The monoisotopic (exact) mass is 369 g/mol. The number of carbonyl (C=O) groups excluding carboxylic acids is 2. The molecule has 1 saturated heterocycles. The molecule has 1 aromatic carbocycles. The molecule has 1 aromatic heterocycles. The van der Waals surface area contributed by atoms with Gasteiger partial charge >= 0.3 is 0 Å². The first-order chi connectivity index (χ1) is 12.6. The van der Waals surface area contributed by atoms with Crippen molar-refractivity contribution in [1.29, 1.82) is 0 Å². The first kappa shape index (κ1) is 18.4. The molecule has 2 heterocycles. The van der Waals surface area contributed by atoms with Gasteiger partial charge in [-0.1, -0.05) is 30.3 Å². The molecule has 1 fully saturated rings. The molecule has 5 nitrogen and oxygen atoms in total. The Balaban J connectivity index is 1.48. The zero-order valence-electron chi connectivity index (χ0n) is 14.6. The van der Waals surface area contributed by atoms with Crippen LogP contribution in [0.1, 0.15) is 17.7 Å².